The van der Waals surface area contributed by atoms with Crippen LogP contribution in [0.5, 0.6) is 0 Å². The molecule has 1 aliphatic rings. The average Bonchev–Trinajstić information content (AvgIpc) is 2.30. The number of carbonyl (C=O) groups is 1. The molecule has 0 amide bonds. The molecule has 0 bridgehead atoms. The molecule has 16 heavy (non-hydrogen) atoms. The molecule has 2 rings (SSSR count). The maximum absolute atomic E-state index is 10.8. The Hall–Kier alpha value is -1.62. The van der Waals surface area contributed by atoms with E-state index in [0.29, 0.717) is 11.9 Å². The van der Waals surface area contributed by atoms with Gasteiger partial charge in [0.05, 0.1) is 5.56 Å². The van der Waals surface area contributed by atoms with E-state index in [1.165, 1.54) is 12.3 Å². The number of hydrogen-bond acceptors (Lipinski definition) is 4. The van der Waals surface area contributed by atoms with Gasteiger partial charge in [-0.2, -0.15) is 0 Å². The van der Waals surface area contributed by atoms with Crippen LogP contribution in [0.4, 0.5) is 5.82 Å². The smallest absolute Gasteiger partial charge is 0.335 e. The summed E-state index contributed by atoms with van der Waals surface area (Å²) in [5, 5.41) is 12.1. The van der Waals surface area contributed by atoms with Crippen molar-refractivity contribution in [2.24, 2.45) is 0 Å². The highest BCUT2D eigenvalue weighted by atomic mass is 16.5. The third-order valence-corrected chi connectivity index (χ3v) is 2.58. The fourth-order valence-corrected chi connectivity index (χ4v) is 1.69. The monoisotopic (exact) mass is 222 g/mol. The van der Waals surface area contributed by atoms with Gasteiger partial charge >= 0.3 is 5.97 Å². The molecule has 1 fully saturated rings. The van der Waals surface area contributed by atoms with Crippen LogP contribution in [-0.2, 0) is 4.74 Å². The van der Waals surface area contributed by atoms with E-state index in [-0.39, 0.29) is 5.56 Å². The van der Waals surface area contributed by atoms with E-state index in [9.17, 15) is 4.79 Å². The van der Waals surface area contributed by atoms with Gasteiger partial charge in [0.15, 0.2) is 0 Å². The zero-order chi connectivity index (χ0) is 11.4. The number of carboxylic acid groups (broad SMARTS) is 1. The number of anilines is 1. The van der Waals surface area contributed by atoms with Gasteiger partial charge in [0.25, 0.3) is 0 Å². The lowest BCUT2D eigenvalue weighted by Gasteiger charge is -2.23. The second-order valence-corrected chi connectivity index (χ2v) is 3.77. The summed E-state index contributed by atoms with van der Waals surface area (Å²) in [6, 6.07) is 3.36. The lowest BCUT2D eigenvalue weighted by atomic mass is 10.1. The molecule has 2 N–H and O–H groups in total. The van der Waals surface area contributed by atoms with Crippen molar-refractivity contribution in [3.63, 3.8) is 0 Å². The van der Waals surface area contributed by atoms with Crippen molar-refractivity contribution in [1.29, 1.82) is 0 Å². The Bertz CT molecular complexity index is 375. The van der Waals surface area contributed by atoms with Gasteiger partial charge in [-0.1, -0.05) is 0 Å². The fraction of sp³-hybridized carbons (Fsp3) is 0.455. The molecule has 0 aliphatic carbocycles. The van der Waals surface area contributed by atoms with Gasteiger partial charge in [0, 0.05) is 25.5 Å². The van der Waals surface area contributed by atoms with E-state index in [2.05, 4.69) is 10.3 Å². The number of nitrogens with one attached hydrogen (secondary N) is 1. The van der Waals surface area contributed by atoms with Crippen molar-refractivity contribution >= 4 is 11.8 Å². The molecule has 5 heteroatoms. The SMILES string of the molecule is O=C(O)c1ccnc(NC2CCOCC2)c1. The van der Waals surface area contributed by atoms with Gasteiger partial charge in [0.2, 0.25) is 0 Å². The van der Waals surface area contributed by atoms with E-state index in [1.807, 2.05) is 0 Å². The molecule has 0 aromatic carbocycles. The molecule has 0 unspecified atom stereocenters. The number of rotatable bonds is 3. The van der Waals surface area contributed by atoms with Crippen molar-refractivity contribution in [3.05, 3.63) is 23.9 Å². The van der Waals surface area contributed by atoms with Crippen LogP contribution < -0.4 is 5.32 Å². The third kappa shape index (κ3) is 2.70. The Labute approximate surface area is 93.5 Å². The van der Waals surface area contributed by atoms with Gasteiger partial charge in [-0.25, -0.2) is 9.78 Å². The Morgan fingerprint density at radius 3 is 2.94 bits per heavy atom. The first-order valence-corrected chi connectivity index (χ1v) is 5.29. The number of pyridine rings is 1. The molecule has 1 aromatic rings. The van der Waals surface area contributed by atoms with Crippen LogP contribution in [0.1, 0.15) is 23.2 Å². The van der Waals surface area contributed by atoms with E-state index < -0.39 is 5.97 Å². The maximum atomic E-state index is 10.8. The molecule has 1 aromatic heterocycles. The second-order valence-electron chi connectivity index (χ2n) is 3.77. The van der Waals surface area contributed by atoms with Crippen LogP contribution in [0.2, 0.25) is 0 Å². The molecule has 1 saturated heterocycles. The summed E-state index contributed by atoms with van der Waals surface area (Å²) in [7, 11) is 0. The first-order valence-electron chi connectivity index (χ1n) is 5.29. The van der Waals surface area contributed by atoms with Crippen LogP contribution in [0, 0.1) is 0 Å². The van der Waals surface area contributed by atoms with Gasteiger partial charge in [-0.15, -0.1) is 0 Å². The number of carboxylic acids is 1. The highest BCUT2D eigenvalue weighted by molar-refractivity contribution is 5.88. The van der Waals surface area contributed by atoms with Crippen LogP contribution in [0.25, 0.3) is 0 Å². The number of nitrogens with zero attached hydrogens (tertiary/aromatic N) is 1. The summed E-state index contributed by atoms with van der Waals surface area (Å²) in [4.78, 5) is 14.9. The third-order valence-electron chi connectivity index (χ3n) is 2.58. The largest absolute Gasteiger partial charge is 0.478 e. The first-order chi connectivity index (χ1) is 7.75. The first kappa shape index (κ1) is 10.9. The van der Waals surface area contributed by atoms with E-state index >= 15 is 0 Å². The number of ether oxygens (including phenoxy) is 1. The lowest BCUT2D eigenvalue weighted by Crippen LogP contribution is -2.28. The molecular weight excluding hydrogens is 208 g/mol. The summed E-state index contributed by atoms with van der Waals surface area (Å²) < 4.78 is 5.24. The van der Waals surface area contributed by atoms with E-state index in [0.717, 1.165) is 26.1 Å². The second kappa shape index (κ2) is 4.94. The zero-order valence-corrected chi connectivity index (χ0v) is 8.85. The number of aromatic nitrogens is 1. The minimum Gasteiger partial charge on any atom is -0.478 e. The molecule has 0 spiro atoms. The van der Waals surface area contributed by atoms with Crippen LogP contribution in [-0.4, -0.2) is 35.3 Å². The molecule has 2 heterocycles. The van der Waals surface area contributed by atoms with Crippen molar-refractivity contribution in [2.45, 2.75) is 18.9 Å². The summed E-state index contributed by atoms with van der Waals surface area (Å²) in [6.07, 6.45) is 3.36. The topological polar surface area (TPSA) is 71.5 Å². The van der Waals surface area contributed by atoms with Crippen molar-refractivity contribution in [3.8, 4) is 0 Å². The van der Waals surface area contributed by atoms with Crippen molar-refractivity contribution < 1.29 is 14.6 Å². The minimum absolute atomic E-state index is 0.254. The molecule has 0 atom stereocenters. The van der Waals surface area contributed by atoms with Crippen molar-refractivity contribution in [1.82, 2.24) is 4.98 Å². The predicted octanol–water partition coefficient (Wildman–Crippen LogP) is 1.37. The van der Waals surface area contributed by atoms with Crippen LogP contribution >= 0.6 is 0 Å². The summed E-state index contributed by atoms with van der Waals surface area (Å²) in [5.74, 6) is -0.316. The summed E-state index contributed by atoms with van der Waals surface area (Å²) in [6.45, 7) is 1.49. The van der Waals surface area contributed by atoms with Crippen LogP contribution in [0.3, 0.4) is 0 Å². The number of hydrogen-bond donors (Lipinski definition) is 2. The summed E-state index contributed by atoms with van der Waals surface area (Å²) >= 11 is 0. The molecule has 86 valence electrons. The van der Waals surface area contributed by atoms with Gasteiger partial charge in [-0.3, -0.25) is 0 Å². The van der Waals surface area contributed by atoms with Gasteiger partial charge in [0.1, 0.15) is 5.82 Å². The summed E-state index contributed by atoms with van der Waals surface area (Å²) in [5.41, 5.74) is 0.254. The fourth-order valence-electron chi connectivity index (χ4n) is 1.69. The Kier molecular flexibility index (Phi) is 3.36. The van der Waals surface area contributed by atoms with Gasteiger partial charge < -0.3 is 15.2 Å². The van der Waals surface area contributed by atoms with E-state index in [4.69, 9.17) is 9.84 Å². The highest BCUT2D eigenvalue weighted by Gasteiger charge is 2.14. The highest BCUT2D eigenvalue weighted by Crippen LogP contribution is 2.14. The molecule has 0 radical (unpaired) electrons. The normalized spacial score (nSPS) is 17.0. The van der Waals surface area contributed by atoms with Crippen molar-refractivity contribution in [2.75, 3.05) is 18.5 Å². The van der Waals surface area contributed by atoms with Gasteiger partial charge in [-0.05, 0) is 25.0 Å². The Balaban J connectivity index is 2.02. The van der Waals surface area contributed by atoms with Crippen LogP contribution in [0.15, 0.2) is 18.3 Å². The average molecular weight is 222 g/mol. The molecule has 5 nitrogen and oxygen atoms in total. The molecule has 1 aliphatic heterocycles. The quantitative estimate of drug-likeness (QED) is 0.808. The standard InChI is InChI=1S/C11H14N2O3/c14-11(15)8-1-4-12-10(7-8)13-9-2-5-16-6-3-9/h1,4,7,9H,2-3,5-6H2,(H,12,13)(H,14,15). The molecule has 0 saturated carbocycles. The zero-order valence-electron chi connectivity index (χ0n) is 8.85. The molecular formula is C11H14N2O3. The Morgan fingerprint density at radius 1 is 1.50 bits per heavy atom. The van der Waals surface area contributed by atoms with E-state index in [1.54, 1.807) is 6.07 Å². The predicted molar refractivity (Wildman–Crippen MR) is 58.7 cm³/mol. The number of aromatic carboxylic acids is 1. The maximum Gasteiger partial charge on any atom is 0.335 e. The lowest BCUT2D eigenvalue weighted by molar-refractivity contribution is 0.0696. The Morgan fingerprint density at radius 2 is 2.25 bits per heavy atom. The minimum atomic E-state index is -0.933.